The molecule has 4 nitrogen and oxygen atoms in total. The third-order valence-electron chi connectivity index (χ3n) is 2.27. The number of nitrogens with two attached hydrogens (primary N) is 1. The molecule has 0 aliphatic heterocycles. The number of anilines is 1. The fourth-order valence-corrected chi connectivity index (χ4v) is 1.56. The van der Waals surface area contributed by atoms with Gasteiger partial charge >= 0.3 is 6.01 Å². The molecule has 5 heteroatoms. The van der Waals surface area contributed by atoms with Crippen LogP contribution in [0.15, 0.2) is 24.5 Å². The van der Waals surface area contributed by atoms with Crippen LogP contribution in [-0.2, 0) is 0 Å². The van der Waals surface area contributed by atoms with Crippen LogP contribution in [0.5, 0.6) is 11.8 Å². The van der Waals surface area contributed by atoms with E-state index in [1.54, 1.807) is 0 Å². The molecule has 1 aromatic carbocycles. The van der Waals surface area contributed by atoms with Crippen LogP contribution < -0.4 is 10.5 Å². The van der Waals surface area contributed by atoms with Gasteiger partial charge in [0.25, 0.3) is 0 Å². The molecule has 2 rings (SSSR count). The second-order valence-corrected chi connectivity index (χ2v) is 4.15. The zero-order valence-electron chi connectivity index (χ0n) is 9.57. The van der Waals surface area contributed by atoms with Gasteiger partial charge in [0.05, 0.1) is 18.1 Å². The van der Waals surface area contributed by atoms with Crippen molar-refractivity contribution in [1.29, 1.82) is 0 Å². The fraction of sp³-hybridized carbons (Fsp3) is 0.167. The Morgan fingerprint density at radius 2 is 1.65 bits per heavy atom. The lowest BCUT2D eigenvalue weighted by molar-refractivity contribution is 0.441. The Kier molecular flexibility index (Phi) is 3.15. The molecule has 1 heterocycles. The first kappa shape index (κ1) is 11.7. The number of hydrogen-bond acceptors (Lipinski definition) is 4. The molecule has 2 aromatic rings. The average Bonchev–Trinajstić information content (AvgIpc) is 2.29. The number of aromatic nitrogens is 2. The van der Waals surface area contributed by atoms with E-state index in [4.69, 9.17) is 22.1 Å². The van der Waals surface area contributed by atoms with Gasteiger partial charge in [0.2, 0.25) is 0 Å². The van der Waals surface area contributed by atoms with E-state index in [1.807, 2.05) is 26.0 Å². The number of rotatable bonds is 2. The summed E-state index contributed by atoms with van der Waals surface area (Å²) in [5.74, 6) is 0.661. The van der Waals surface area contributed by atoms with Gasteiger partial charge in [-0.3, -0.25) is 0 Å². The van der Waals surface area contributed by atoms with Gasteiger partial charge in [-0.2, -0.15) is 0 Å². The van der Waals surface area contributed by atoms with Crippen LogP contribution >= 0.6 is 11.6 Å². The van der Waals surface area contributed by atoms with Crippen LogP contribution in [-0.4, -0.2) is 9.97 Å². The summed E-state index contributed by atoms with van der Waals surface area (Å²) in [6.07, 6.45) is 3.00. The summed E-state index contributed by atoms with van der Waals surface area (Å²) in [5, 5.41) is 0.746. The predicted molar refractivity (Wildman–Crippen MR) is 67.4 cm³/mol. The van der Waals surface area contributed by atoms with Crippen molar-refractivity contribution in [2.75, 3.05) is 5.73 Å². The summed E-state index contributed by atoms with van der Waals surface area (Å²) >= 11 is 6.07. The topological polar surface area (TPSA) is 61.0 Å². The van der Waals surface area contributed by atoms with Gasteiger partial charge in [-0.25, -0.2) is 9.97 Å². The van der Waals surface area contributed by atoms with Crippen LogP contribution in [0.3, 0.4) is 0 Å². The van der Waals surface area contributed by atoms with E-state index in [0.717, 1.165) is 16.1 Å². The second-order valence-electron chi connectivity index (χ2n) is 3.77. The number of aryl methyl sites for hydroxylation is 2. The SMILES string of the molecule is Cc1cc(Oc2ncc(N)cn2)cc(C)c1Cl. The van der Waals surface area contributed by atoms with E-state index in [1.165, 1.54) is 12.4 Å². The van der Waals surface area contributed by atoms with E-state index in [-0.39, 0.29) is 6.01 Å². The minimum Gasteiger partial charge on any atom is -0.424 e. The van der Waals surface area contributed by atoms with Crippen molar-refractivity contribution in [3.05, 3.63) is 40.7 Å². The minimum absolute atomic E-state index is 0.264. The second kappa shape index (κ2) is 4.59. The Balaban J connectivity index is 2.27. The molecule has 0 radical (unpaired) electrons. The molecule has 0 spiro atoms. The summed E-state index contributed by atoms with van der Waals surface area (Å²) in [5.41, 5.74) is 7.90. The van der Waals surface area contributed by atoms with Gasteiger partial charge in [0, 0.05) is 5.02 Å². The molecule has 17 heavy (non-hydrogen) atoms. The number of hydrogen-bond donors (Lipinski definition) is 1. The molecule has 0 saturated carbocycles. The third kappa shape index (κ3) is 2.65. The monoisotopic (exact) mass is 249 g/mol. The van der Waals surface area contributed by atoms with Gasteiger partial charge in [-0.05, 0) is 37.1 Å². The quantitative estimate of drug-likeness (QED) is 0.888. The standard InChI is InChI=1S/C12H12ClN3O/c1-7-3-10(4-8(2)11(7)13)17-12-15-5-9(14)6-16-12/h3-6H,14H2,1-2H3. The molecular weight excluding hydrogens is 238 g/mol. The Morgan fingerprint density at radius 3 is 2.18 bits per heavy atom. The highest BCUT2D eigenvalue weighted by atomic mass is 35.5. The van der Waals surface area contributed by atoms with E-state index in [9.17, 15) is 0 Å². The highest BCUT2D eigenvalue weighted by molar-refractivity contribution is 6.32. The largest absolute Gasteiger partial charge is 0.424 e. The normalized spacial score (nSPS) is 10.3. The van der Waals surface area contributed by atoms with E-state index >= 15 is 0 Å². The molecule has 0 bridgehead atoms. The van der Waals surface area contributed by atoms with Gasteiger partial charge in [-0.15, -0.1) is 0 Å². The predicted octanol–water partition coefficient (Wildman–Crippen LogP) is 3.12. The lowest BCUT2D eigenvalue weighted by atomic mass is 10.1. The first-order valence-corrected chi connectivity index (χ1v) is 5.46. The highest BCUT2D eigenvalue weighted by Gasteiger charge is 2.05. The van der Waals surface area contributed by atoms with E-state index in [2.05, 4.69) is 9.97 Å². The summed E-state index contributed by atoms with van der Waals surface area (Å²) < 4.78 is 5.51. The maximum atomic E-state index is 6.07. The minimum atomic E-state index is 0.264. The summed E-state index contributed by atoms with van der Waals surface area (Å²) in [4.78, 5) is 7.93. The highest BCUT2D eigenvalue weighted by Crippen LogP contribution is 2.27. The van der Waals surface area contributed by atoms with E-state index < -0.39 is 0 Å². The number of benzene rings is 1. The average molecular weight is 250 g/mol. The van der Waals surface area contributed by atoms with Crippen LogP contribution in [0.25, 0.3) is 0 Å². The first-order valence-electron chi connectivity index (χ1n) is 5.08. The van der Waals surface area contributed by atoms with Crippen molar-refractivity contribution < 1.29 is 4.74 Å². The van der Waals surface area contributed by atoms with Crippen molar-refractivity contribution in [2.45, 2.75) is 13.8 Å². The van der Waals surface area contributed by atoms with Crippen molar-refractivity contribution in [1.82, 2.24) is 9.97 Å². The lowest BCUT2D eigenvalue weighted by Gasteiger charge is -2.08. The number of nitrogen functional groups attached to an aromatic ring is 1. The van der Waals surface area contributed by atoms with Gasteiger partial charge in [0.1, 0.15) is 5.75 Å². The van der Waals surface area contributed by atoms with Gasteiger partial charge in [0.15, 0.2) is 0 Å². The maximum absolute atomic E-state index is 6.07. The lowest BCUT2D eigenvalue weighted by Crippen LogP contribution is -1.94. The number of halogens is 1. The molecule has 0 fully saturated rings. The zero-order valence-corrected chi connectivity index (χ0v) is 10.3. The van der Waals surface area contributed by atoms with Crippen molar-refractivity contribution in [3.8, 4) is 11.8 Å². The Bertz CT molecular complexity index is 517. The van der Waals surface area contributed by atoms with Crippen LogP contribution in [0.1, 0.15) is 11.1 Å². The number of nitrogens with zero attached hydrogens (tertiary/aromatic N) is 2. The molecular formula is C12H12ClN3O. The fourth-order valence-electron chi connectivity index (χ4n) is 1.45. The Morgan fingerprint density at radius 1 is 1.12 bits per heavy atom. The van der Waals surface area contributed by atoms with E-state index in [0.29, 0.717) is 11.4 Å². The van der Waals surface area contributed by atoms with Gasteiger partial charge in [-0.1, -0.05) is 11.6 Å². The smallest absolute Gasteiger partial charge is 0.322 e. The molecule has 0 unspecified atom stereocenters. The van der Waals surface area contributed by atoms with Crippen LogP contribution in [0.4, 0.5) is 5.69 Å². The Labute approximate surface area is 104 Å². The van der Waals surface area contributed by atoms with Gasteiger partial charge < -0.3 is 10.5 Å². The van der Waals surface area contributed by atoms with Crippen molar-refractivity contribution in [3.63, 3.8) is 0 Å². The summed E-state index contributed by atoms with van der Waals surface area (Å²) in [6.45, 7) is 3.85. The summed E-state index contributed by atoms with van der Waals surface area (Å²) in [7, 11) is 0. The first-order chi connectivity index (χ1) is 8.06. The Hall–Kier alpha value is -1.81. The summed E-state index contributed by atoms with van der Waals surface area (Å²) in [6, 6.07) is 3.95. The molecule has 0 amide bonds. The molecule has 0 aliphatic carbocycles. The molecule has 0 aliphatic rings. The number of ether oxygens (including phenoxy) is 1. The molecule has 2 N–H and O–H groups in total. The molecule has 1 aromatic heterocycles. The third-order valence-corrected chi connectivity index (χ3v) is 2.86. The molecule has 88 valence electrons. The zero-order chi connectivity index (χ0) is 12.4. The van der Waals surface area contributed by atoms with Crippen molar-refractivity contribution >= 4 is 17.3 Å². The van der Waals surface area contributed by atoms with Crippen LogP contribution in [0.2, 0.25) is 5.02 Å². The molecule has 0 saturated heterocycles. The molecule has 0 atom stereocenters. The van der Waals surface area contributed by atoms with Crippen molar-refractivity contribution in [2.24, 2.45) is 0 Å². The van der Waals surface area contributed by atoms with Crippen LogP contribution in [0, 0.1) is 13.8 Å². The maximum Gasteiger partial charge on any atom is 0.322 e.